The van der Waals surface area contributed by atoms with Crippen LogP contribution in [-0.4, -0.2) is 14.1 Å². The molecule has 6 rings (SSSR count). The fraction of sp³-hybridized carbons (Fsp3) is 0.333. The first-order valence-electron chi connectivity index (χ1n) is 14.4. The zero-order valence-electron chi connectivity index (χ0n) is 23.5. The summed E-state index contributed by atoms with van der Waals surface area (Å²) in [5.74, 6) is 0. The minimum Gasteiger partial charge on any atom is -0.377 e. The molecule has 0 aliphatic heterocycles. The van der Waals surface area contributed by atoms with Gasteiger partial charge in [-0.3, -0.25) is 0 Å². The summed E-state index contributed by atoms with van der Waals surface area (Å²) in [7, 11) is 3.76. The number of rotatable bonds is 5. The van der Waals surface area contributed by atoms with Gasteiger partial charge < -0.3 is 4.90 Å². The molecule has 0 bridgehead atoms. The Bertz CT molecular complexity index is 1400. The second kappa shape index (κ2) is 10.7. The van der Waals surface area contributed by atoms with E-state index in [-0.39, 0.29) is 0 Å². The summed E-state index contributed by atoms with van der Waals surface area (Å²) >= 11 is 0. The molecular formula is C36H40NP. The van der Waals surface area contributed by atoms with Crippen LogP contribution in [0, 0.1) is 13.8 Å². The number of hydrogen-bond acceptors (Lipinski definition) is 1. The lowest BCUT2D eigenvalue weighted by molar-refractivity contribution is 0.682. The maximum Gasteiger partial charge on any atom is 0.0444 e. The fourth-order valence-electron chi connectivity index (χ4n) is 6.56. The van der Waals surface area contributed by atoms with Crippen molar-refractivity contribution in [2.24, 2.45) is 0 Å². The van der Waals surface area contributed by atoms with Gasteiger partial charge in [-0.15, -0.1) is 0 Å². The summed E-state index contributed by atoms with van der Waals surface area (Å²) in [5, 5.41) is 4.43. The van der Waals surface area contributed by atoms with Crippen molar-refractivity contribution in [2.45, 2.75) is 65.2 Å². The van der Waals surface area contributed by atoms with E-state index in [9.17, 15) is 0 Å². The molecule has 0 unspecified atom stereocenters. The Morgan fingerprint density at radius 3 is 1.53 bits per heavy atom. The first-order valence-corrected chi connectivity index (χ1v) is 15.8. The van der Waals surface area contributed by atoms with Crippen LogP contribution in [-0.2, 0) is 25.7 Å². The number of fused-ring (bicyclic) bond motifs is 2. The Labute approximate surface area is 230 Å². The molecule has 4 aromatic carbocycles. The van der Waals surface area contributed by atoms with Crippen molar-refractivity contribution >= 4 is 29.5 Å². The predicted octanol–water partition coefficient (Wildman–Crippen LogP) is 7.55. The molecule has 0 aromatic heterocycles. The lowest BCUT2D eigenvalue weighted by atomic mass is 9.80. The fourth-order valence-corrected chi connectivity index (χ4v) is 9.01. The molecule has 0 heterocycles. The Morgan fingerprint density at radius 2 is 1.00 bits per heavy atom. The first kappa shape index (κ1) is 25.4. The molecule has 38 heavy (non-hydrogen) atoms. The van der Waals surface area contributed by atoms with Gasteiger partial charge in [0.1, 0.15) is 0 Å². The van der Waals surface area contributed by atoms with Gasteiger partial charge in [0.15, 0.2) is 0 Å². The number of aryl methyl sites for hydroxylation is 4. The highest BCUT2D eigenvalue weighted by molar-refractivity contribution is 7.80. The Hall–Kier alpha value is -2.89. The van der Waals surface area contributed by atoms with E-state index in [1.807, 2.05) is 0 Å². The van der Waals surface area contributed by atoms with Crippen molar-refractivity contribution in [3.05, 3.63) is 106 Å². The molecule has 0 atom stereocenters. The van der Waals surface area contributed by atoms with Crippen LogP contribution in [0.4, 0.5) is 5.69 Å². The number of anilines is 1. The molecule has 4 aromatic rings. The highest BCUT2D eigenvalue weighted by atomic mass is 31.1. The van der Waals surface area contributed by atoms with Crippen LogP contribution in [0.2, 0.25) is 0 Å². The molecular weight excluding hydrogens is 477 g/mol. The zero-order valence-corrected chi connectivity index (χ0v) is 24.4. The van der Waals surface area contributed by atoms with E-state index in [0.717, 1.165) is 0 Å². The minimum atomic E-state index is -0.694. The predicted molar refractivity (Wildman–Crippen MR) is 168 cm³/mol. The van der Waals surface area contributed by atoms with Crippen molar-refractivity contribution in [2.75, 3.05) is 19.0 Å². The van der Waals surface area contributed by atoms with Gasteiger partial charge in [0.25, 0.3) is 0 Å². The third-order valence-electron chi connectivity index (χ3n) is 8.58. The molecule has 2 aliphatic carbocycles. The molecule has 0 N–H and O–H groups in total. The molecule has 0 spiro atoms. The molecule has 0 saturated heterocycles. The Morgan fingerprint density at radius 1 is 0.526 bits per heavy atom. The van der Waals surface area contributed by atoms with E-state index in [4.69, 9.17) is 0 Å². The van der Waals surface area contributed by atoms with Gasteiger partial charge >= 0.3 is 0 Å². The van der Waals surface area contributed by atoms with Crippen molar-refractivity contribution < 1.29 is 0 Å². The van der Waals surface area contributed by atoms with E-state index in [1.165, 1.54) is 89.7 Å². The topological polar surface area (TPSA) is 3.24 Å². The smallest absolute Gasteiger partial charge is 0.0444 e. The second-order valence-electron chi connectivity index (χ2n) is 11.5. The molecule has 1 nitrogen and oxygen atoms in total. The van der Waals surface area contributed by atoms with Gasteiger partial charge in [-0.05, 0) is 123 Å². The number of nitrogens with zero attached hydrogens (tertiary/aromatic N) is 1. The summed E-state index contributed by atoms with van der Waals surface area (Å²) in [6, 6.07) is 28.6. The van der Waals surface area contributed by atoms with Crippen LogP contribution < -0.4 is 20.8 Å². The normalized spacial score (nSPS) is 14.8. The zero-order chi connectivity index (χ0) is 26.2. The Kier molecular flexibility index (Phi) is 7.15. The van der Waals surface area contributed by atoms with Crippen molar-refractivity contribution in [3.8, 4) is 11.1 Å². The van der Waals surface area contributed by atoms with Crippen molar-refractivity contribution in [1.82, 2.24) is 0 Å². The van der Waals surface area contributed by atoms with Crippen molar-refractivity contribution in [3.63, 3.8) is 0 Å². The summed E-state index contributed by atoms with van der Waals surface area (Å²) < 4.78 is 0. The van der Waals surface area contributed by atoms with Crippen LogP contribution >= 0.6 is 7.92 Å². The molecule has 0 radical (unpaired) electrons. The highest BCUT2D eigenvalue weighted by Crippen LogP contribution is 2.46. The molecule has 2 aliphatic rings. The molecule has 0 amide bonds. The van der Waals surface area contributed by atoms with Gasteiger partial charge in [-0.2, -0.15) is 0 Å². The quantitative estimate of drug-likeness (QED) is 0.247. The van der Waals surface area contributed by atoms with E-state index < -0.39 is 7.92 Å². The van der Waals surface area contributed by atoms with Gasteiger partial charge in [-0.1, -0.05) is 77.9 Å². The van der Waals surface area contributed by atoms with E-state index in [0.29, 0.717) is 0 Å². The molecule has 0 fully saturated rings. The average molecular weight is 518 g/mol. The van der Waals surface area contributed by atoms with Crippen LogP contribution in [0.25, 0.3) is 11.1 Å². The highest BCUT2D eigenvalue weighted by Gasteiger charge is 2.29. The van der Waals surface area contributed by atoms with E-state index in [2.05, 4.69) is 106 Å². The van der Waals surface area contributed by atoms with Crippen LogP contribution in [0.5, 0.6) is 0 Å². The number of hydrogen-bond donors (Lipinski definition) is 0. The van der Waals surface area contributed by atoms with Gasteiger partial charge in [0.2, 0.25) is 0 Å². The SMILES string of the molecule is Cc1ccc(P(c2ccc(C)cc2)c2ccc3c(c2-c2c(N(C)C)ccc4c2CCCC4)CCCC3)cc1. The first-order chi connectivity index (χ1) is 18.5. The van der Waals surface area contributed by atoms with Gasteiger partial charge in [0.05, 0.1) is 0 Å². The Balaban J connectivity index is 1.69. The van der Waals surface area contributed by atoms with Crippen molar-refractivity contribution in [1.29, 1.82) is 0 Å². The maximum absolute atomic E-state index is 2.52. The average Bonchev–Trinajstić information content (AvgIpc) is 2.94. The van der Waals surface area contributed by atoms with Crippen LogP contribution in [0.15, 0.2) is 72.8 Å². The summed E-state index contributed by atoms with van der Waals surface area (Å²) in [6.45, 7) is 4.39. The van der Waals surface area contributed by atoms with Gasteiger partial charge in [-0.25, -0.2) is 0 Å². The molecule has 194 valence electrons. The third-order valence-corrected chi connectivity index (χ3v) is 11.1. The van der Waals surface area contributed by atoms with E-state index >= 15 is 0 Å². The molecule has 0 saturated carbocycles. The number of benzene rings is 4. The summed E-state index contributed by atoms with van der Waals surface area (Å²) in [4.78, 5) is 2.36. The summed E-state index contributed by atoms with van der Waals surface area (Å²) in [6.07, 6.45) is 10.0. The molecule has 2 heteroatoms. The lowest BCUT2D eigenvalue weighted by Gasteiger charge is -2.32. The monoisotopic (exact) mass is 517 g/mol. The van der Waals surface area contributed by atoms with E-state index in [1.54, 1.807) is 27.8 Å². The maximum atomic E-state index is 2.52. The van der Waals surface area contributed by atoms with Crippen LogP contribution in [0.3, 0.4) is 0 Å². The second-order valence-corrected chi connectivity index (χ2v) is 13.7. The summed E-state index contributed by atoms with van der Waals surface area (Å²) in [5.41, 5.74) is 13.5. The van der Waals surface area contributed by atoms with Gasteiger partial charge in [0, 0.05) is 25.3 Å². The standard InChI is InChI=1S/C36H40NP/c1-25-13-19-29(20-14-25)38(30-21-15-26(2)16-22-30)34-24-18-28-10-6-8-12-32(28)36(34)35-31-11-7-5-9-27(31)17-23-33(35)37(3)4/h13-24H,5-12H2,1-4H3. The largest absolute Gasteiger partial charge is 0.377 e. The minimum absolute atomic E-state index is 0.694. The lowest BCUT2D eigenvalue weighted by Crippen LogP contribution is -2.26. The third kappa shape index (κ3) is 4.71. The van der Waals surface area contributed by atoms with Crippen LogP contribution in [0.1, 0.15) is 59.1 Å².